The minimum absolute atomic E-state index is 0.142. The van der Waals surface area contributed by atoms with Crippen LogP contribution in [0.5, 0.6) is 0 Å². The quantitative estimate of drug-likeness (QED) is 0.631. The first-order valence-corrected chi connectivity index (χ1v) is 10.9. The number of quaternary nitrogens is 1. The number of benzene rings is 2. The van der Waals surface area contributed by atoms with Crippen LogP contribution in [0.2, 0.25) is 5.02 Å². The van der Waals surface area contributed by atoms with Crippen molar-refractivity contribution in [3.63, 3.8) is 0 Å². The fourth-order valence-corrected chi connectivity index (χ4v) is 4.42. The summed E-state index contributed by atoms with van der Waals surface area (Å²) >= 11 is 6.08. The molecule has 3 aromatic rings. The molecule has 0 bridgehead atoms. The average Bonchev–Trinajstić information content (AvgIpc) is 3.04. The monoisotopic (exact) mass is 425 g/mol. The van der Waals surface area contributed by atoms with Crippen LogP contribution in [0.3, 0.4) is 0 Å². The molecule has 0 fully saturated rings. The molecule has 1 N–H and O–H groups in total. The van der Waals surface area contributed by atoms with Gasteiger partial charge in [0.25, 0.3) is 5.91 Å². The molecule has 2 aromatic carbocycles. The van der Waals surface area contributed by atoms with Crippen LogP contribution in [0.25, 0.3) is 11.0 Å². The van der Waals surface area contributed by atoms with Gasteiger partial charge >= 0.3 is 0 Å². The third-order valence-corrected chi connectivity index (χ3v) is 6.24. The highest BCUT2D eigenvalue weighted by molar-refractivity contribution is 6.30. The number of rotatable bonds is 7. The average molecular weight is 426 g/mol. The maximum absolute atomic E-state index is 13.4. The first-order valence-electron chi connectivity index (χ1n) is 10.5. The van der Waals surface area contributed by atoms with Gasteiger partial charge in [-0.3, -0.25) is 9.59 Å². The van der Waals surface area contributed by atoms with Gasteiger partial charge in [-0.2, -0.15) is 0 Å². The Kier molecular flexibility index (Phi) is 5.93. The van der Waals surface area contributed by atoms with E-state index in [-0.39, 0.29) is 17.1 Å². The number of hydrogen-bond donors (Lipinski definition) is 1. The molecule has 0 spiro atoms. The number of carbonyl (C=O) groups excluding carboxylic acids is 1. The maximum atomic E-state index is 13.4. The standard InChI is InChI=1S/C24H25ClN2O3/c1-3-26(4-2)14-7-15-27-21(16-10-12-17(25)13-11-16)20-22(28)18-8-5-6-9-19(18)30-23(20)24(27)29/h5-6,8-13,21H,3-4,7,14-15H2,1-2H3/p+1/t21-/m0/s1. The number of halogens is 1. The van der Waals surface area contributed by atoms with Gasteiger partial charge in [-0.15, -0.1) is 0 Å². The van der Waals surface area contributed by atoms with Crippen molar-refractivity contribution in [2.75, 3.05) is 26.2 Å². The third-order valence-electron chi connectivity index (χ3n) is 5.99. The van der Waals surface area contributed by atoms with Crippen LogP contribution in [0.1, 0.15) is 48.0 Å². The predicted molar refractivity (Wildman–Crippen MR) is 118 cm³/mol. The molecule has 1 aliphatic heterocycles. The van der Waals surface area contributed by atoms with Crippen molar-refractivity contribution in [2.24, 2.45) is 0 Å². The molecule has 1 atom stereocenters. The zero-order valence-corrected chi connectivity index (χ0v) is 18.0. The number of hydrogen-bond acceptors (Lipinski definition) is 3. The molecule has 2 heterocycles. The number of carbonyl (C=O) groups is 1. The van der Waals surface area contributed by atoms with Gasteiger partial charge < -0.3 is 14.2 Å². The summed E-state index contributed by atoms with van der Waals surface area (Å²) in [5, 5.41) is 1.11. The first kappa shape index (κ1) is 20.6. The Morgan fingerprint density at radius 1 is 1.03 bits per heavy atom. The van der Waals surface area contributed by atoms with E-state index < -0.39 is 6.04 Å². The van der Waals surface area contributed by atoms with Crippen LogP contribution in [0.15, 0.2) is 57.7 Å². The molecule has 156 valence electrons. The molecule has 1 amide bonds. The molecule has 1 aliphatic rings. The van der Waals surface area contributed by atoms with E-state index in [0.29, 0.717) is 28.1 Å². The van der Waals surface area contributed by atoms with Gasteiger partial charge in [0.05, 0.1) is 36.6 Å². The number of para-hydroxylation sites is 1. The van der Waals surface area contributed by atoms with Crippen molar-refractivity contribution in [3.8, 4) is 0 Å². The third kappa shape index (κ3) is 3.64. The topological polar surface area (TPSA) is 55.0 Å². The fraction of sp³-hybridized carbons (Fsp3) is 0.333. The molecule has 1 aromatic heterocycles. The Balaban J connectivity index is 1.78. The summed E-state index contributed by atoms with van der Waals surface area (Å²) in [6.45, 7) is 7.98. The molecule has 0 saturated heterocycles. The van der Waals surface area contributed by atoms with Gasteiger partial charge in [0.15, 0.2) is 5.43 Å². The minimum Gasteiger partial charge on any atom is -0.450 e. The van der Waals surface area contributed by atoms with Crippen molar-refractivity contribution in [1.82, 2.24) is 4.90 Å². The highest BCUT2D eigenvalue weighted by Crippen LogP contribution is 2.38. The Labute approximate surface area is 180 Å². The summed E-state index contributed by atoms with van der Waals surface area (Å²) < 4.78 is 5.95. The lowest BCUT2D eigenvalue weighted by Crippen LogP contribution is -3.11. The van der Waals surface area contributed by atoms with E-state index >= 15 is 0 Å². The molecule has 0 radical (unpaired) electrons. The first-order chi connectivity index (χ1) is 14.5. The molecule has 4 rings (SSSR count). The summed E-state index contributed by atoms with van der Waals surface area (Å²) in [5.74, 6) is -0.0591. The molecule has 0 saturated carbocycles. The summed E-state index contributed by atoms with van der Waals surface area (Å²) in [6.07, 6.45) is 0.856. The van der Waals surface area contributed by atoms with E-state index in [9.17, 15) is 9.59 Å². The number of fused-ring (bicyclic) bond motifs is 2. The van der Waals surface area contributed by atoms with Crippen LogP contribution in [-0.4, -0.2) is 37.0 Å². The van der Waals surface area contributed by atoms with Crippen molar-refractivity contribution >= 4 is 28.5 Å². The molecular weight excluding hydrogens is 400 g/mol. The van der Waals surface area contributed by atoms with E-state index in [1.54, 1.807) is 35.2 Å². The van der Waals surface area contributed by atoms with E-state index in [2.05, 4.69) is 13.8 Å². The zero-order valence-electron chi connectivity index (χ0n) is 17.3. The Hall–Kier alpha value is -2.63. The van der Waals surface area contributed by atoms with Gasteiger partial charge in [-0.25, -0.2) is 0 Å². The van der Waals surface area contributed by atoms with Crippen LogP contribution in [-0.2, 0) is 0 Å². The second-order valence-electron chi connectivity index (χ2n) is 7.68. The summed E-state index contributed by atoms with van der Waals surface area (Å²) in [5.41, 5.74) is 1.59. The lowest BCUT2D eigenvalue weighted by Gasteiger charge is -2.26. The van der Waals surface area contributed by atoms with E-state index in [1.807, 2.05) is 18.2 Å². The normalized spacial score (nSPS) is 15.9. The zero-order chi connectivity index (χ0) is 21.3. The molecule has 0 aliphatic carbocycles. The number of nitrogens with one attached hydrogen (secondary N) is 1. The summed E-state index contributed by atoms with van der Waals surface area (Å²) in [7, 11) is 0. The van der Waals surface area contributed by atoms with Gasteiger partial charge in [0.1, 0.15) is 5.58 Å². The Bertz CT molecular complexity index is 1120. The summed E-state index contributed by atoms with van der Waals surface area (Å²) in [6, 6.07) is 14.0. The van der Waals surface area contributed by atoms with Crippen LogP contribution in [0, 0.1) is 0 Å². The van der Waals surface area contributed by atoms with Crippen molar-refractivity contribution in [3.05, 3.63) is 80.7 Å². The van der Waals surface area contributed by atoms with Gasteiger partial charge in [0.2, 0.25) is 5.76 Å². The highest BCUT2D eigenvalue weighted by atomic mass is 35.5. The van der Waals surface area contributed by atoms with E-state index in [4.69, 9.17) is 16.0 Å². The van der Waals surface area contributed by atoms with Gasteiger partial charge in [-0.1, -0.05) is 35.9 Å². The van der Waals surface area contributed by atoms with Crippen molar-refractivity contribution in [1.29, 1.82) is 0 Å². The van der Waals surface area contributed by atoms with Gasteiger partial charge in [0, 0.05) is 18.0 Å². The Morgan fingerprint density at radius 3 is 2.43 bits per heavy atom. The van der Waals surface area contributed by atoms with E-state index in [0.717, 1.165) is 31.6 Å². The second-order valence-corrected chi connectivity index (χ2v) is 8.12. The second kappa shape index (κ2) is 8.62. The molecule has 0 unspecified atom stereocenters. The molecular formula is C24H26ClN2O3+. The Morgan fingerprint density at radius 2 is 1.73 bits per heavy atom. The largest absolute Gasteiger partial charge is 0.450 e. The molecule has 30 heavy (non-hydrogen) atoms. The maximum Gasteiger partial charge on any atom is 0.290 e. The SMILES string of the molecule is CC[NH+](CC)CCCN1C(=O)c2oc3ccccc3c(=O)c2[C@@H]1c1ccc(Cl)cc1. The lowest BCUT2D eigenvalue weighted by atomic mass is 9.98. The van der Waals surface area contributed by atoms with Crippen molar-refractivity contribution < 1.29 is 14.1 Å². The summed E-state index contributed by atoms with van der Waals surface area (Å²) in [4.78, 5) is 30.0. The van der Waals surface area contributed by atoms with E-state index in [1.165, 1.54) is 4.90 Å². The highest BCUT2D eigenvalue weighted by Gasteiger charge is 2.42. The minimum atomic E-state index is -0.461. The van der Waals surface area contributed by atoms with Crippen molar-refractivity contribution in [2.45, 2.75) is 26.3 Å². The van der Waals surface area contributed by atoms with Crippen LogP contribution < -0.4 is 10.3 Å². The smallest absolute Gasteiger partial charge is 0.290 e. The van der Waals surface area contributed by atoms with Gasteiger partial charge in [-0.05, 0) is 43.7 Å². The molecule has 6 heteroatoms. The van der Waals surface area contributed by atoms with Crippen LogP contribution in [0.4, 0.5) is 0 Å². The molecule has 5 nitrogen and oxygen atoms in total. The number of nitrogens with zero attached hydrogens (tertiary/aromatic N) is 1. The lowest BCUT2D eigenvalue weighted by molar-refractivity contribution is -0.896. The fourth-order valence-electron chi connectivity index (χ4n) is 4.29. The number of amides is 1. The van der Waals surface area contributed by atoms with Crippen LogP contribution >= 0.6 is 11.6 Å². The predicted octanol–water partition coefficient (Wildman–Crippen LogP) is 3.31.